The van der Waals surface area contributed by atoms with Gasteiger partial charge in [0.25, 0.3) is 0 Å². The molecule has 7 heteroatoms. The zero-order chi connectivity index (χ0) is 19.5. The van der Waals surface area contributed by atoms with E-state index in [0.717, 1.165) is 5.56 Å². The molecule has 144 valence electrons. The van der Waals surface area contributed by atoms with E-state index in [1.54, 1.807) is 32.2 Å². The molecule has 0 saturated carbocycles. The molecule has 1 aliphatic rings. The molecule has 2 aromatic carbocycles. The minimum Gasteiger partial charge on any atom is -0.497 e. The Hall–Kier alpha value is -3.48. The number of nitrogens with zero attached hydrogens (tertiary/aromatic N) is 1. The van der Waals surface area contributed by atoms with E-state index in [1.807, 2.05) is 24.3 Å². The van der Waals surface area contributed by atoms with E-state index in [4.69, 9.17) is 18.6 Å². The van der Waals surface area contributed by atoms with Crippen molar-refractivity contribution < 1.29 is 23.4 Å². The molecule has 1 aliphatic heterocycles. The average Bonchev–Trinajstić information content (AvgIpc) is 3.08. The van der Waals surface area contributed by atoms with E-state index in [0.29, 0.717) is 53.5 Å². The van der Waals surface area contributed by atoms with Crippen LogP contribution in [0.25, 0.3) is 11.5 Å². The van der Waals surface area contributed by atoms with E-state index < -0.39 is 0 Å². The first-order valence-corrected chi connectivity index (χ1v) is 8.92. The number of methoxy groups -OCH3 is 1. The third-order valence-corrected chi connectivity index (χ3v) is 4.36. The highest BCUT2D eigenvalue weighted by atomic mass is 16.6. The van der Waals surface area contributed by atoms with E-state index in [2.05, 4.69) is 10.3 Å². The molecule has 0 spiro atoms. The molecule has 0 unspecified atom stereocenters. The van der Waals surface area contributed by atoms with Crippen LogP contribution in [-0.2, 0) is 11.2 Å². The summed E-state index contributed by atoms with van der Waals surface area (Å²) in [5.74, 6) is 2.90. The van der Waals surface area contributed by atoms with Crippen LogP contribution >= 0.6 is 0 Å². The van der Waals surface area contributed by atoms with Gasteiger partial charge in [-0.1, -0.05) is 6.07 Å². The van der Waals surface area contributed by atoms with Crippen molar-refractivity contribution in [2.75, 3.05) is 25.6 Å². The van der Waals surface area contributed by atoms with Gasteiger partial charge in [-0.3, -0.25) is 4.79 Å². The number of rotatable bonds is 5. The van der Waals surface area contributed by atoms with Gasteiger partial charge in [0.05, 0.1) is 19.2 Å². The SMILES string of the molecule is COc1cccc(-c2nc(CC(=O)Nc3ccc4c(c3)OCCO4)c(C)o2)c1. The van der Waals surface area contributed by atoms with Crippen LogP contribution in [0.3, 0.4) is 0 Å². The second kappa shape index (κ2) is 7.64. The Morgan fingerprint density at radius 3 is 2.79 bits per heavy atom. The zero-order valence-corrected chi connectivity index (χ0v) is 15.7. The molecule has 1 N–H and O–H groups in total. The maximum atomic E-state index is 12.5. The van der Waals surface area contributed by atoms with Crippen LogP contribution in [0.1, 0.15) is 11.5 Å². The number of fused-ring (bicyclic) bond motifs is 1. The van der Waals surface area contributed by atoms with Gasteiger partial charge in [0.2, 0.25) is 11.8 Å². The van der Waals surface area contributed by atoms with Crippen LogP contribution in [0.5, 0.6) is 17.2 Å². The van der Waals surface area contributed by atoms with Crippen molar-refractivity contribution >= 4 is 11.6 Å². The summed E-state index contributed by atoms with van der Waals surface area (Å²) in [5, 5.41) is 2.86. The molecule has 4 rings (SSSR count). The summed E-state index contributed by atoms with van der Waals surface area (Å²) >= 11 is 0. The van der Waals surface area contributed by atoms with Crippen LogP contribution < -0.4 is 19.5 Å². The third-order valence-electron chi connectivity index (χ3n) is 4.36. The zero-order valence-electron chi connectivity index (χ0n) is 15.7. The minimum absolute atomic E-state index is 0.105. The van der Waals surface area contributed by atoms with Gasteiger partial charge in [-0.2, -0.15) is 0 Å². The topological polar surface area (TPSA) is 82.8 Å². The lowest BCUT2D eigenvalue weighted by atomic mass is 10.2. The summed E-state index contributed by atoms with van der Waals surface area (Å²) in [6, 6.07) is 12.7. The quantitative estimate of drug-likeness (QED) is 0.728. The fourth-order valence-electron chi connectivity index (χ4n) is 2.95. The van der Waals surface area contributed by atoms with Gasteiger partial charge < -0.3 is 23.9 Å². The number of aromatic nitrogens is 1. The molecule has 28 heavy (non-hydrogen) atoms. The highest BCUT2D eigenvalue weighted by Crippen LogP contribution is 2.32. The van der Waals surface area contributed by atoms with Gasteiger partial charge in [0, 0.05) is 17.3 Å². The molecule has 0 aliphatic carbocycles. The van der Waals surface area contributed by atoms with Crippen LogP contribution in [0.4, 0.5) is 5.69 Å². The summed E-state index contributed by atoms with van der Waals surface area (Å²) in [4.78, 5) is 16.9. The monoisotopic (exact) mass is 380 g/mol. The van der Waals surface area contributed by atoms with E-state index in [9.17, 15) is 4.79 Å². The Bertz CT molecular complexity index is 1010. The van der Waals surface area contributed by atoms with Crippen molar-refractivity contribution in [3.8, 4) is 28.7 Å². The first-order valence-electron chi connectivity index (χ1n) is 8.92. The van der Waals surface area contributed by atoms with Crippen molar-refractivity contribution in [2.45, 2.75) is 13.3 Å². The normalized spacial score (nSPS) is 12.5. The molecule has 0 radical (unpaired) electrons. The molecule has 1 amide bonds. The Morgan fingerprint density at radius 1 is 1.14 bits per heavy atom. The Balaban J connectivity index is 1.47. The number of aryl methyl sites for hydroxylation is 1. The second-order valence-corrected chi connectivity index (χ2v) is 6.34. The average molecular weight is 380 g/mol. The number of nitrogens with one attached hydrogen (secondary N) is 1. The highest BCUT2D eigenvalue weighted by Gasteiger charge is 2.17. The van der Waals surface area contributed by atoms with Gasteiger partial charge in [-0.25, -0.2) is 4.98 Å². The molecule has 0 saturated heterocycles. The van der Waals surface area contributed by atoms with Crippen molar-refractivity contribution in [3.05, 3.63) is 53.9 Å². The van der Waals surface area contributed by atoms with E-state index >= 15 is 0 Å². The lowest BCUT2D eigenvalue weighted by Gasteiger charge is -2.18. The van der Waals surface area contributed by atoms with Gasteiger partial charge in [-0.05, 0) is 37.3 Å². The fraction of sp³-hybridized carbons (Fsp3) is 0.238. The number of carbonyl (C=O) groups excluding carboxylic acids is 1. The summed E-state index contributed by atoms with van der Waals surface area (Å²) in [6.07, 6.45) is 0.105. The van der Waals surface area contributed by atoms with Crippen molar-refractivity contribution in [2.24, 2.45) is 0 Å². The Kier molecular flexibility index (Phi) is 4.89. The molecule has 2 heterocycles. The van der Waals surface area contributed by atoms with Crippen molar-refractivity contribution in [1.82, 2.24) is 4.98 Å². The number of amides is 1. The summed E-state index contributed by atoms with van der Waals surface area (Å²) in [7, 11) is 1.60. The number of carbonyl (C=O) groups is 1. The predicted octanol–water partition coefficient (Wildman–Crippen LogP) is 3.61. The largest absolute Gasteiger partial charge is 0.497 e. The number of hydrogen-bond donors (Lipinski definition) is 1. The number of benzene rings is 2. The molecular weight excluding hydrogens is 360 g/mol. The van der Waals surface area contributed by atoms with E-state index in [-0.39, 0.29) is 12.3 Å². The molecule has 7 nitrogen and oxygen atoms in total. The predicted molar refractivity (Wildman–Crippen MR) is 103 cm³/mol. The molecule has 1 aromatic heterocycles. The van der Waals surface area contributed by atoms with E-state index in [1.165, 1.54) is 0 Å². The van der Waals surface area contributed by atoms with Gasteiger partial charge in [0.15, 0.2) is 11.5 Å². The molecule has 3 aromatic rings. The first kappa shape index (κ1) is 17.9. The first-order chi connectivity index (χ1) is 13.6. The number of ether oxygens (including phenoxy) is 3. The summed E-state index contributed by atoms with van der Waals surface area (Å²) < 4.78 is 22.0. The lowest BCUT2D eigenvalue weighted by Crippen LogP contribution is -2.17. The number of hydrogen-bond acceptors (Lipinski definition) is 6. The van der Waals surface area contributed by atoms with Crippen LogP contribution in [0.2, 0.25) is 0 Å². The summed E-state index contributed by atoms with van der Waals surface area (Å²) in [6.45, 7) is 2.82. The number of anilines is 1. The Labute approximate surface area is 162 Å². The maximum absolute atomic E-state index is 12.5. The van der Waals surface area contributed by atoms with Gasteiger partial charge >= 0.3 is 0 Å². The van der Waals surface area contributed by atoms with Crippen LogP contribution in [0.15, 0.2) is 46.9 Å². The maximum Gasteiger partial charge on any atom is 0.230 e. The van der Waals surface area contributed by atoms with Crippen LogP contribution in [-0.4, -0.2) is 31.2 Å². The third kappa shape index (κ3) is 3.78. The van der Waals surface area contributed by atoms with Crippen molar-refractivity contribution in [3.63, 3.8) is 0 Å². The molecule has 0 fully saturated rings. The standard InChI is InChI=1S/C21H20N2O5/c1-13-17(23-21(28-13)14-4-3-5-16(10-14)25-2)12-20(24)22-15-6-7-18-19(11-15)27-9-8-26-18/h3-7,10-11H,8-9,12H2,1-2H3,(H,22,24). The smallest absolute Gasteiger partial charge is 0.230 e. The van der Waals surface area contributed by atoms with Gasteiger partial charge in [0.1, 0.15) is 24.7 Å². The lowest BCUT2D eigenvalue weighted by molar-refractivity contribution is -0.115. The fourth-order valence-corrected chi connectivity index (χ4v) is 2.95. The molecule has 0 atom stereocenters. The highest BCUT2D eigenvalue weighted by molar-refractivity contribution is 5.92. The van der Waals surface area contributed by atoms with Crippen LogP contribution in [0, 0.1) is 6.92 Å². The second-order valence-electron chi connectivity index (χ2n) is 6.34. The Morgan fingerprint density at radius 2 is 1.96 bits per heavy atom. The minimum atomic E-state index is -0.190. The van der Waals surface area contributed by atoms with Gasteiger partial charge in [-0.15, -0.1) is 0 Å². The molecular formula is C21H20N2O5. The number of oxazole rings is 1. The molecule has 0 bridgehead atoms. The van der Waals surface area contributed by atoms with Crippen molar-refractivity contribution in [1.29, 1.82) is 0 Å². The summed E-state index contributed by atoms with van der Waals surface area (Å²) in [5.41, 5.74) is 2.03.